The fourth-order valence-electron chi connectivity index (χ4n) is 6.42. The third-order valence-electron chi connectivity index (χ3n) is 8.49. The number of thiocarbonyl (C=S) groups is 1. The second-order valence-corrected chi connectivity index (χ2v) is 12.8. The third kappa shape index (κ3) is 4.23. The molecule has 1 aromatic heterocycles. The number of benzene rings is 4. The van der Waals surface area contributed by atoms with Crippen LogP contribution in [0.25, 0.3) is 27.3 Å². The fraction of sp³-hybridized carbons (Fsp3) is 0.132. The van der Waals surface area contributed by atoms with Gasteiger partial charge in [0.15, 0.2) is 0 Å². The predicted octanol–water partition coefficient (Wildman–Crippen LogP) is 10.0. The van der Waals surface area contributed by atoms with Gasteiger partial charge in [-0.3, -0.25) is 4.79 Å². The fourth-order valence-corrected chi connectivity index (χ4v) is 8.05. The number of rotatable bonds is 4. The van der Waals surface area contributed by atoms with Crippen molar-refractivity contribution < 1.29 is 9.53 Å². The van der Waals surface area contributed by atoms with Gasteiger partial charge in [-0.1, -0.05) is 105 Å². The maximum Gasteiger partial charge on any atom is 0.336 e. The molecule has 0 unspecified atom stereocenters. The van der Waals surface area contributed by atoms with Crippen molar-refractivity contribution >= 4 is 73.2 Å². The van der Waals surface area contributed by atoms with Crippen molar-refractivity contribution in [2.45, 2.75) is 26.2 Å². The zero-order valence-corrected chi connectivity index (χ0v) is 26.2. The highest BCUT2D eigenvalue weighted by atomic mass is 32.1. The second kappa shape index (κ2) is 10.7. The lowest BCUT2D eigenvalue weighted by atomic mass is 9.75. The van der Waals surface area contributed by atoms with Crippen LogP contribution in [0.5, 0.6) is 0 Å². The van der Waals surface area contributed by atoms with E-state index in [4.69, 9.17) is 23.5 Å². The molecule has 4 aromatic carbocycles. The summed E-state index contributed by atoms with van der Waals surface area (Å²) >= 11 is 7.68. The van der Waals surface area contributed by atoms with Gasteiger partial charge in [0.2, 0.25) is 0 Å². The Bertz CT molecular complexity index is 2120. The van der Waals surface area contributed by atoms with Crippen LogP contribution in [0.4, 0.5) is 16.4 Å². The summed E-state index contributed by atoms with van der Waals surface area (Å²) in [5.41, 5.74) is 7.31. The lowest BCUT2D eigenvalue weighted by molar-refractivity contribution is -0.138. The molecule has 7 rings (SSSR count). The van der Waals surface area contributed by atoms with Crippen LogP contribution in [0.3, 0.4) is 0 Å². The van der Waals surface area contributed by atoms with E-state index in [1.165, 1.54) is 21.9 Å². The van der Waals surface area contributed by atoms with Gasteiger partial charge >= 0.3 is 5.97 Å². The van der Waals surface area contributed by atoms with Gasteiger partial charge in [-0.2, -0.15) is 0 Å². The number of thiophene rings is 1. The van der Waals surface area contributed by atoms with Crippen LogP contribution >= 0.6 is 23.6 Å². The van der Waals surface area contributed by atoms with Crippen molar-refractivity contribution in [2.75, 3.05) is 11.5 Å². The average molecular weight is 609 g/mol. The van der Waals surface area contributed by atoms with Crippen LogP contribution in [0.2, 0.25) is 0 Å². The van der Waals surface area contributed by atoms with E-state index < -0.39 is 5.97 Å². The number of anilines is 3. The summed E-state index contributed by atoms with van der Waals surface area (Å²) in [6, 6.07) is 33.5. The zero-order valence-electron chi connectivity index (χ0n) is 24.5. The number of hydrogen-bond acceptors (Lipinski definition) is 5. The first-order valence-corrected chi connectivity index (χ1v) is 15.7. The highest BCUT2D eigenvalue weighted by molar-refractivity contribution is 7.81. The van der Waals surface area contributed by atoms with Gasteiger partial charge in [-0.25, -0.2) is 4.85 Å². The minimum atomic E-state index is -0.632. The summed E-state index contributed by atoms with van der Waals surface area (Å²) in [4.78, 5) is 20.6. The summed E-state index contributed by atoms with van der Waals surface area (Å²) in [6.07, 6.45) is 2.05. The first-order valence-electron chi connectivity index (χ1n) is 14.5. The van der Waals surface area contributed by atoms with Crippen molar-refractivity contribution in [3.63, 3.8) is 0 Å². The average Bonchev–Trinajstić information content (AvgIpc) is 3.58. The number of esters is 1. The number of fused-ring (bicyclic) bond motifs is 4. The first kappa shape index (κ1) is 28.0. The smallest absolute Gasteiger partial charge is 0.336 e. The van der Waals surface area contributed by atoms with Crippen LogP contribution in [-0.2, 0) is 14.9 Å². The molecule has 0 spiro atoms. The van der Waals surface area contributed by atoms with E-state index in [2.05, 4.69) is 96.4 Å². The van der Waals surface area contributed by atoms with Gasteiger partial charge in [0.05, 0.1) is 29.4 Å². The number of allylic oxidation sites excluding steroid dienone is 2. The summed E-state index contributed by atoms with van der Waals surface area (Å²) in [6.45, 7) is 14.4. The van der Waals surface area contributed by atoms with Crippen LogP contribution in [0.15, 0.2) is 108 Å². The highest BCUT2D eigenvalue weighted by Crippen LogP contribution is 2.56. The number of para-hydroxylation sites is 1. The minimum Gasteiger partial charge on any atom is -0.471 e. The molecular formula is C38H28N2O2S2. The molecule has 0 saturated carbocycles. The Morgan fingerprint density at radius 2 is 1.61 bits per heavy atom. The highest BCUT2D eigenvalue weighted by Gasteiger charge is 2.39. The lowest BCUT2D eigenvalue weighted by Crippen LogP contribution is -2.29. The summed E-state index contributed by atoms with van der Waals surface area (Å²) in [5.74, 6) is -0.632. The molecular weight excluding hydrogens is 581 g/mol. The Kier molecular flexibility index (Phi) is 6.81. The zero-order chi connectivity index (χ0) is 30.6. The number of nitrogens with zero attached hydrogens (tertiary/aromatic N) is 2. The molecule has 1 aliphatic carbocycles. The number of carbonyl (C=O) groups excluding carboxylic acids is 1. The molecule has 4 nitrogen and oxygen atoms in total. The van der Waals surface area contributed by atoms with Crippen LogP contribution in [-0.4, -0.2) is 17.4 Å². The van der Waals surface area contributed by atoms with Crippen LogP contribution in [0, 0.1) is 6.57 Å². The standard InChI is InChI=1S/C38H28N2O2S2/c1-5-42-37(41)34(39-4)33-26-16-8-9-17-27(26)35(43)28(33)21-24-22-30-36(44-24)40(32-19-11-10-18-29(32)38(30,2)3)31-20-12-14-23-13-6-7-15-25(23)31/h6-22H,5H2,1-3H3/b28-21-,34-33-. The van der Waals surface area contributed by atoms with Crippen molar-refractivity contribution in [1.82, 2.24) is 0 Å². The van der Waals surface area contributed by atoms with E-state index in [1.54, 1.807) is 18.3 Å². The summed E-state index contributed by atoms with van der Waals surface area (Å²) < 4.78 is 5.30. The molecule has 44 heavy (non-hydrogen) atoms. The molecule has 0 atom stereocenters. The lowest BCUT2D eigenvalue weighted by Gasteiger charge is -2.40. The largest absolute Gasteiger partial charge is 0.471 e. The Hall–Kier alpha value is -4.83. The molecule has 1 aliphatic heterocycles. The van der Waals surface area contributed by atoms with Gasteiger partial charge in [0.25, 0.3) is 5.70 Å². The predicted molar refractivity (Wildman–Crippen MR) is 185 cm³/mol. The van der Waals surface area contributed by atoms with Crippen molar-refractivity contribution in [1.29, 1.82) is 0 Å². The summed E-state index contributed by atoms with van der Waals surface area (Å²) in [5, 5.41) is 3.50. The molecule has 0 fully saturated rings. The Labute approximate surface area is 266 Å². The molecule has 2 aliphatic rings. The van der Waals surface area contributed by atoms with Gasteiger partial charge in [0, 0.05) is 21.3 Å². The molecule has 6 heteroatoms. The summed E-state index contributed by atoms with van der Waals surface area (Å²) in [7, 11) is 0. The Morgan fingerprint density at radius 1 is 0.932 bits per heavy atom. The SMILES string of the molecule is [C-]#[N+]/C(C(=O)OCC)=C1\C(=C\c2cc3c(s2)N(c2cccc4ccccc24)c2ccccc2C3(C)C)C(=S)c2ccccc21. The minimum absolute atomic E-state index is 0.0446. The Balaban J connectivity index is 1.47. The van der Waals surface area contributed by atoms with Gasteiger partial charge in [-0.05, 0) is 64.4 Å². The molecule has 214 valence electrons. The molecule has 0 bridgehead atoms. The Morgan fingerprint density at radius 3 is 2.41 bits per heavy atom. The van der Waals surface area contributed by atoms with Crippen LogP contribution < -0.4 is 4.90 Å². The topological polar surface area (TPSA) is 33.9 Å². The van der Waals surface area contributed by atoms with Gasteiger partial charge < -0.3 is 9.64 Å². The van der Waals surface area contributed by atoms with Crippen molar-refractivity contribution in [3.05, 3.63) is 147 Å². The van der Waals surface area contributed by atoms with E-state index >= 15 is 0 Å². The van der Waals surface area contributed by atoms with E-state index in [9.17, 15) is 4.79 Å². The molecule has 5 aromatic rings. The van der Waals surface area contributed by atoms with Crippen molar-refractivity contribution in [3.8, 4) is 0 Å². The van der Waals surface area contributed by atoms with Gasteiger partial charge in [0.1, 0.15) is 5.00 Å². The van der Waals surface area contributed by atoms with E-state index in [1.807, 2.05) is 30.3 Å². The number of hydrogen-bond donors (Lipinski definition) is 0. The number of ether oxygens (including phenoxy) is 1. The van der Waals surface area contributed by atoms with E-state index in [-0.39, 0.29) is 17.7 Å². The monoisotopic (exact) mass is 608 g/mol. The normalized spacial score (nSPS) is 16.7. The molecule has 0 N–H and O–H groups in total. The quantitative estimate of drug-likeness (QED) is 0.0880. The van der Waals surface area contributed by atoms with Crippen LogP contribution in [0.1, 0.15) is 47.9 Å². The molecule has 0 amide bonds. The third-order valence-corrected chi connectivity index (χ3v) is 10.00. The first-order chi connectivity index (χ1) is 21.3. The number of carbonyl (C=O) groups is 1. The maximum absolute atomic E-state index is 13.0. The maximum atomic E-state index is 13.0. The second-order valence-electron chi connectivity index (χ2n) is 11.3. The van der Waals surface area contributed by atoms with E-state index in [0.717, 1.165) is 32.4 Å². The molecule has 2 heterocycles. The molecule has 0 saturated heterocycles. The van der Waals surface area contributed by atoms with Crippen molar-refractivity contribution in [2.24, 2.45) is 0 Å². The van der Waals surface area contributed by atoms with Gasteiger partial charge in [-0.15, -0.1) is 11.3 Å². The van der Waals surface area contributed by atoms with E-state index in [0.29, 0.717) is 16.0 Å². The molecule has 0 radical (unpaired) electrons.